The second kappa shape index (κ2) is 8.77. The van der Waals surface area contributed by atoms with Gasteiger partial charge in [0, 0.05) is 12.0 Å². The minimum Gasteiger partial charge on any atom is -0.318 e. The highest BCUT2D eigenvalue weighted by molar-refractivity contribution is 7.18. The van der Waals surface area contributed by atoms with Crippen molar-refractivity contribution in [2.24, 2.45) is 11.8 Å². The van der Waals surface area contributed by atoms with E-state index in [1.54, 1.807) is 0 Å². The van der Waals surface area contributed by atoms with Crippen LogP contribution in [0.4, 0.5) is 23.2 Å². The zero-order chi connectivity index (χ0) is 23.0. The molecule has 32 heavy (non-hydrogen) atoms. The lowest BCUT2D eigenvalue weighted by atomic mass is 9.77. The summed E-state index contributed by atoms with van der Waals surface area (Å²) in [6.45, 7) is 4.49. The van der Waals surface area contributed by atoms with E-state index in [1.807, 2.05) is 0 Å². The summed E-state index contributed by atoms with van der Waals surface area (Å²) in [5, 5.41) is 3.30. The zero-order valence-corrected chi connectivity index (χ0v) is 18.5. The number of hydrogen-bond donors (Lipinski definition) is 1. The first kappa shape index (κ1) is 22.6. The molecule has 1 aliphatic rings. The minimum absolute atomic E-state index is 0.111. The van der Waals surface area contributed by atoms with E-state index >= 15 is 0 Å². The number of halogens is 4. The molecule has 0 radical (unpaired) electrons. The second-order valence-electron chi connectivity index (χ2n) is 8.57. The van der Waals surface area contributed by atoms with Gasteiger partial charge < -0.3 is 5.32 Å². The van der Waals surface area contributed by atoms with Gasteiger partial charge in [-0.25, -0.2) is 14.4 Å². The predicted molar refractivity (Wildman–Crippen MR) is 116 cm³/mol. The summed E-state index contributed by atoms with van der Waals surface area (Å²) < 4.78 is 53.9. The summed E-state index contributed by atoms with van der Waals surface area (Å²) in [7, 11) is 0. The first-order valence-corrected chi connectivity index (χ1v) is 11.4. The molecule has 1 amide bonds. The van der Waals surface area contributed by atoms with Crippen molar-refractivity contribution in [3.63, 3.8) is 0 Å². The fraction of sp³-hybridized carbons (Fsp3) is 0.435. The van der Waals surface area contributed by atoms with Crippen LogP contribution < -0.4 is 5.32 Å². The number of hydrogen-bond acceptors (Lipinski definition) is 4. The summed E-state index contributed by atoms with van der Waals surface area (Å²) >= 11 is 1.47. The molecule has 4 rings (SSSR count). The van der Waals surface area contributed by atoms with Crippen molar-refractivity contribution < 1.29 is 22.4 Å². The van der Waals surface area contributed by atoms with Crippen LogP contribution in [0.3, 0.4) is 0 Å². The summed E-state index contributed by atoms with van der Waals surface area (Å²) in [6, 6.07) is 5.76. The Bertz CT molecular complexity index is 1130. The Labute approximate surface area is 187 Å². The van der Waals surface area contributed by atoms with E-state index in [1.165, 1.54) is 23.5 Å². The molecular formula is C23H23F4N3OS. The van der Waals surface area contributed by atoms with Gasteiger partial charge in [0.25, 0.3) is 5.91 Å². The highest BCUT2D eigenvalue weighted by Gasteiger charge is 2.33. The van der Waals surface area contributed by atoms with E-state index < -0.39 is 29.3 Å². The standard InChI is InChI=1S/C23H23F4N3OS/c1-12(2)13-6-8-14(9-7-13)22-30-18-10-15(24)17(11-19(18)32-22)29-21(31)16-4-3-5-20(28-16)23(25,26)27/h3-5,10-14H,6-9H2,1-2H3,(H,29,31). The molecule has 3 aromatic rings. The number of aromatic nitrogens is 2. The monoisotopic (exact) mass is 465 g/mol. The van der Waals surface area contributed by atoms with Gasteiger partial charge >= 0.3 is 6.18 Å². The van der Waals surface area contributed by atoms with E-state index in [2.05, 4.69) is 29.1 Å². The predicted octanol–water partition coefficient (Wildman–Crippen LogP) is 7.03. The topological polar surface area (TPSA) is 54.9 Å². The van der Waals surface area contributed by atoms with Crippen LogP contribution in [0.5, 0.6) is 0 Å². The number of thiazole rings is 1. The summed E-state index contributed by atoms with van der Waals surface area (Å²) in [5.74, 6) is 0.129. The molecular weight excluding hydrogens is 442 g/mol. The number of carbonyl (C=O) groups excluding carboxylic acids is 1. The maximum absolute atomic E-state index is 14.6. The average molecular weight is 466 g/mol. The van der Waals surface area contributed by atoms with Gasteiger partial charge in [-0.15, -0.1) is 11.3 Å². The van der Waals surface area contributed by atoms with E-state index in [4.69, 9.17) is 0 Å². The number of nitrogens with zero attached hydrogens (tertiary/aromatic N) is 2. The highest BCUT2D eigenvalue weighted by Crippen LogP contribution is 2.41. The van der Waals surface area contributed by atoms with Crippen LogP contribution in [-0.4, -0.2) is 15.9 Å². The number of fused-ring (bicyclic) bond motifs is 1. The first-order valence-electron chi connectivity index (χ1n) is 10.6. The number of amides is 1. The van der Waals surface area contributed by atoms with Crippen molar-refractivity contribution in [1.29, 1.82) is 0 Å². The third-order valence-electron chi connectivity index (χ3n) is 6.08. The Balaban J connectivity index is 1.53. The van der Waals surface area contributed by atoms with Gasteiger partial charge in [0.15, 0.2) is 0 Å². The summed E-state index contributed by atoms with van der Waals surface area (Å²) in [6.07, 6.45) is -0.268. The van der Waals surface area contributed by atoms with E-state index in [9.17, 15) is 22.4 Å². The molecule has 0 aliphatic heterocycles. The van der Waals surface area contributed by atoms with Gasteiger partial charge in [0.1, 0.15) is 17.2 Å². The number of carbonyl (C=O) groups is 1. The molecule has 1 fully saturated rings. The van der Waals surface area contributed by atoms with Crippen LogP contribution in [0.15, 0.2) is 30.3 Å². The molecule has 0 spiro atoms. The summed E-state index contributed by atoms with van der Waals surface area (Å²) in [4.78, 5) is 20.4. The number of pyridine rings is 1. The maximum Gasteiger partial charge on any atom is 0.433 e. The van der Waals surface area contributed by atoms with Crippen molar-refractivity contribution in [2.75, 3.05) is 5.32 Å². The van der Waals surface area contributed by atoms with E-state index in [0.29, 0.717) is 17.4 Å². The van der Waals surface area contributed by atoms with Crippen LogP contribution in [-0.2, 0) is 6.18 Å². The Kier molecular flexibility index (Phi) is 6.20. The maximum atomic E-state index is 14.6. The molecule has 1 aromatic carbocycles. The van der Waals surface area contributed by atoms with E-state index in [-0.39, 0.29) is 5.69 Å². The zero-order valence-electron chi connectivity index (χ0n) is 17.7. The van der Waals surface area contributed by atoms with Gasteiger partial charge in [-0.05, 0) is 55.7 Å². The lowest BCUT2D eigenvalue weighted by Crippen LogP contribution is -2.17. The Morgan fingerprint density at radius 2 is 1.84 bits per heavy atom. The van der Waals surface area contributed by atoms with Crippen molar-refractivity contribution in [1.82, 2.24) is 9.97 Å². The molecule has 9 heteroatoms. The minimum atomic E-state index is -4.67. The smallest absolute Gasteiger partial charge is 0.318 e. The molecule has 0 bridgehead atoms. The van der Waals surface area contributed by atoms with Crippen LogP contribution in [0, 0.1) is 17.7 Å². The van der Waals surface area contributed by atoms with Gasteiger partial charge in [-0.3, -0.25) is 4.79 Å². The van der Waals surface area contributed by atoms with Crippen molar-refractivity contribution in [3.05, 3.63) is 52.5 Å². The Hall–Kier alpha value is -2.55. The van der Waals surface area contributed by atoms with Crippen LogP contribution in [0.2, 0.25) is 0 Å². The molecule has 1 N–H and O–H groups in total. The van der Waals surface area contributed by atoms with Crippen molar-refractivity contribution in [2.45, 2.75) is 51.6 Å². The number of rotatable bonds is 4. The second-order valence-corrected chi connectivity index (χ2v) is 9.63. The number of anilines is 1. The molecule has 4 nitrogen and oxygen atoms in total. The third kappa shape index (κ3) is 4.77. The molecule has 0 atom stereocenters. The molecule has 1 aliphatic carbocycles. The van der Waals surface area contributed by atoms with Gasteiger partial charge in [-0.1, -0.05) is 19.9 Å². The number of alkyl halides is 3. The largest absolute Gasteiger partial charge is 0.433 e. The number of benzene rings is 1. The lowest BCUT2D eigenvalue weighted by molar-refractivity contribution is -0.141. The quantitative estimate of drug-likeness (QED) is 0.421. The van der Waals surface area contributed by atoms with Gasteiger partial charge in [0.05, 0.1) is 20.9 Å². The van der Waals surface area contributed by atoms with Crippen LogP contribution in [0.1, 0.15) is 66.6 Å². The molecule has 0 unspecified atom stereocenters. The summed E-state index contributed by atoms with van der Waals surface area (Å²) in [5.41, 5.74) is -1.21. The number of nitrogens with one attached hydrogen (secondary N) is 1. The SMILES string of the molecule is CC(C)C1CCC(c2nc3cc(F)c(NC(=O)c4cccc(C(F)(F)F)n4)cc3s2)CC1. The van der Waals surface area contributed by atoms with Gasteiger partial charge in [-0.2, -0.15) is 13.2 Å². The van der Waals surface area contributed by atoms with Crippen molar-refractivity contribution in [3.8, 4) is 0 Å². The molecule has 1 saturated carbocycles. The molecule has 2 heterocycles. The highest BCUT2D eigenvalue weighted by atomic mass is 32.1. The van der Waals surface area contributed by atoms with Gasteiger partial charge in [0.2, 0.25) is 0 Å². The normalized spacial score (nSPS) is 19.5. The van der Waals surface area contributed by atoms with Crippen LogP contribution in [0.25, 0.3) is 10.2 Å². The average Bonchev–Trinajstić information content (AvgIpc) is 3.16. The first-order chi connectivity index (χ1) is 15.1. The fourth-order valence-corrected chi connectivity index (χ4v) is 5.33. The fourth-order valence-electron chi connectivity index (χ4n) is 4.17. The van der Waals surface area contributed by atoms with E-state index in [0.717, 1.165) is 59.5 Å². The lowest BCUT2D eigenvalue weighted by Gasteiger charge is -2.29. The molecule has 170 valence electrons. The third-order valence-corrected chi connectivity index (χ3v) is 7.26. The Morgan fingerprint density at radius 1 is 1.12 bits per heavy atom. The Morgan fingerprint density at radius 3 is 2.50 bits per heavy atom. The molecule has 0 saturated heterocycles. The van der Waals surface area contributed by atoms with Crippen LogP contribution >= 0.6 is 11.3 Å². The van der Waals surface area contributed by atoms with Crippen molar-refractivity contribution >= 4 is 33.1 Å². The molecule has 2 aromatic heterocycles.